The third kappa shape index (κ3) is 19.9. The fraction of sp³-hybridized carbons (Fsp3) is 0.923. The molecule has 0 heterocycles. The molecular formula is C26H53NO4. The number of rotatable bonds is 23. The molecule has 31 heavy (non-hydrogen) atoms. The Hall–Kier alpha value is -0.460. The van der Waals surface area contributed by atoms with Gasteiger partial charge in [0.05, 0.1) is 18.8 Å². The maximum Gasteiger partial charge on any atom is 0.155 e. The van der Waals surface area contributed by atoms with E-state index in [0.29, 0.717) is 19.8 Å². The fourth-order valence-corrected chi connectivity index (χ4v) is 3.57. The highest BCUT2D eigenvalue weighted by Crippen LogP contribution is 2.13. The Morgan fingerprint density at radius 2 is 1.19 bits per heavy atom. The maximum atomic E-state index is 6.34. The van der Waals surface area contributed by atoms with Gasteiger partial charge in [-0.2, -0.15) is 0 Å². The lowest BCUT2D eigenvalue weighted by atomic mass is 10.0. The van der Waals surface area contributed by atoms with Crippen LogP contribution in [0.15, 0.2) is 12.2 Å². The summed E-state index contributed by atoms with van der Waals surface area (Å²) < 4.78 is 22.6. The van der Waals surface area contributed by atoms with E-state index in [0.717, 1.165) is 6.42 Å². The molecule has 0 aliphatic heterocycles. The summed E-state index contributed by atoms with van der Waals surface area (Å²) >= 11 is 0. The van der Waals surface area contributed by atoms with Crippen LogP contribution < -0.4 is 5.73 Å². The van der Waals surface area contributed by atoms with Crippen molar-refractivity contribution in [2.24, 2.45) is 5.73 Å². The lowest BCUT2D eigenvalue weighted by molar-refractivity contribution is -0.166. The van der Waals surface area contributed by atoms with E-state index < -0.39 is 0 Å². The van der Waals surface area contributed by atoms with Crippen LogP contribution in [-0.4, -0.2) is 44.5 Å². The van der Waals surface area contributed by atoms with Gasteiger partial charge in [-0.25, -0.2) is 0 Å². The molecule has 2 N–H and O–H groups in total. The molecule has 0 saturated heterocycles. The summed E-state index contributed by atoms with van der Waals surface area (Å²) in [6.07, 6.45) is 19.5. The molecule has 0 aromatic heterocycles. The van der Waals surface area contributed by atoms with Crippen molar-refractivity contribution in [2.45, 2.75) is 136 Å². The van der Waals surface area contributed by atoms with Crippen LogP contribution in [0.5, 0.6) is 0 Å². The lowest BCUT2D eigenvalue weighted by Crippen LogP contribution is -2.42. The van der Waals surface area contributed by atoms with Gasteiger partial charge in [-0.15, -0.1) is 0 Å². The highest BCUT2D eigenvalue weighted by atomic mass is 16.7. The van der Waals surface area contributed by atoms with Gasteiger partial charge in [0.2, 0.25) is 0 Å². The lowest BCUT2D eigenvalue weighted by Gasteiger charge is -2.26. The third-order valence-corrected chi connectivity index (χ3v) is 5.40. The average Bonchev–Trinajstić information content (AvgIpc) is 2.74. The van der Waals surface area contributed by atoms with Crippen LogP contribution >= 0.6 is 0 Å². The van der Waals surface area contributed by atoms with Gasteiger partial charge in [-0.1, -0.05) is 83.3 Å². The van der Waals surface area contributed by atoms with Gasteiger partial charge in [0.1, 0.15) is 0 Å². The Kier molecular flexibility index (Phi) is 22.4. The second-order valence-electron chi connectivity index (χ2n) is 8.40. The van der Waals surface area contributed by atoms with Crippen LogP contribution in [0.2, 0.25) is 0 Å². The summed E-state index contributed by atoms with van der Waals surface area (Å²) in [4.78, 5) is 0. The first kappa shape index (κ1) is 30.5. The highest BCUT2D eigenvalue weighted by Gasteiger charge is 2.20. The van der Waals surface area contributed by atoms with Crippen molar-refractivity contribution >= 4 is 0 Å². The van der Waals surface area contributed by atoms with E-state index in [-0.39, 0.29) is 24.7 Å². The number of unbranched alkanes of at least 4 members (excludes halogenated alkanes) is 11. The Bertz CT molecular complexity index is 392. The molecule has 4 atom stereocenters. The van der Waals surface area contributed by atoms with E-state index in [2.05, 4.69) is 19.1 Å². The number of allylic oxidation sites excluding steroid dienone is 1. The first-order valence-electron chi connectivity index (χ1n) is 13.0. The molecule has 5 heteroatoms. The molecule has 5 nitrogen and oxygen atoms in total. The SMILES string of the molecule is CCCCCCCCCCCCC/C=C\[C@H](OC(C)OCC)[C@H](N)COC(C)OCC. The van der Waals surface area contributed by atoms with Gasteiger partial charge in [-0.3, -0.25) is 0 Å². The molecule has 0 aromatic rings. The predicted molar refractivity (Wildman–Crippen MR) is 131 cm³/mol. The highest BCUT2D eigenvalue weighted by molar-refractivity contribution is 4.95. The standard InChI is InChI=1S/C26H53NO4/c1-6-9-10-11-12-13-14-15-16-17-18-19-20-21-26(31-24(5)29-8-3)25(27)22-30-23(4)28-7-2/h20-21,23-26H,6-19,22,27H2,1-5H3/b21-20-/t23?,24?,25-,26+/m1/s1. The first-order chi connectivity index (χ1) is 15.0. The fourth-order valence-electron chi connectivity index (χ4n) is 3.57. The van der Waals surface area contributed by atoms with Gasteiger partial charge in [0.25, 0.3) is 0 Å². The van der Waals surface area contributed by atoms with Crippen LogP contribution in [0.4, 0.5) is 0 Å². The minimum absolute atomic E-state index is 0.233. The van der Waals surface area contributed by atoms with Crippen LogP contribution in [0.25, 0.3) is 0 Å². The zero-order valence-electron chi connectivity index (χ0n) is 21.3. The van der Waals surface area contributed by atoms with Gasteiger partial charge in [0, 0.05) is 13.2 Å². The van der Waals surface area contributed by atoms with E-state index in [9.17, 15) is 0 Å². The number of nitrogens with two attached hydrogens (primary N) is 1. The van der Waals surface area contributed by atoms with Crippen molar-refractivity contribution in [1.82, 2.24) is 0 Å². The molecule has 0 radical (unpaired) electrons. The van der Waals surface area contributed by atoms with Crippen LogP contribution in [0.3, 0.4) is 0 Å². The van der Waals surface area contributed by atoms with Crippen molar-refractivity contribution < 1.29 is 18.9 Å². The Balaban J connectivity index is 4.07. The molecule has 0 amide bonds. The second-order valence-corrected chi connectivity index (χ2v) is 8.40. The molecule has 0 saturated carbocycles. The third-order valence-electron chi connectivity index (χ3n) is 5.40. The summed E-state index contributed by atoms with van der Waals surface area (Å²) in [7, 11) is 0. The molecule has 0 spiro atoms. The van der Waals surface area contributed by atoms with Crippen LogP contribution in [0.1, 0.15) is 112 Å². The van der Waals surface area contributed by atoms with Gasteiger partial charge in [0.15, 0.2) is 12.6 Å². The Labute approximate surface area is 193 Å². The van der Waals surface area contributed by atoms with E-state index in [1.807, 2.05) is 27.7 Å². The molecule has 0 aliphatic rings. The molecule has 0 aromatic carbocycles. The van der Waals surface area contributed by atoms with E-state index >= 15 is 0 Å². The summed E-state index contributed by atoms with van der Waals surface area (Å²) in [5.41, 5.74) is 6.34. The van der Waals surface area contributed by atoms with Crippen molar-refractivity contribution in [2.75, 3.05) is 19.8 Å². The van der Waals surface area contributed by atoms with E-state index in [1.54, 1.807) is 0 Å². The molecule has 0 fully saturated rings. The van der Waals surface area contributed by atoms with Crippen molar-refractivity contribution in [1.29, 1.82) is 0 Å². The maximum absolute atomic E-state index is 6.34. The molecule has 2 unspecified atom stereocenters. The average molecular weight is 444 g/mol. The number of hydrogen-bond donors (Lipinski definition) is 1. The molecule has 0 aliphatic carbocycles. The number of hydrogen-bond acceptors (Lipinski definition) is 5. The van der Waals surface area contributed by atoms with Crippen LogP contribution in [0, 0.1) is 0 Å². The summed E-state index contributed by atoms with van der Waals surface area (Å²) in [5.74, 6) is 0. The smallest absolute Gasteiger partial charge is 0.155 e. The Morgan fingerprint density at radius 3 is 1.74 bits per heavy atom. The molecular weight excluding hydrogens is 390 g/mol. The van der Waals surface area contributed by atoms with E-state index in [1.165, 1.54) is 70.6 Å². The summed E-state index contributed by atoms with van der Waals surface area (Å²) in [6, 6.07) is -0.264. The quantitative estimate of drug-likeness (QED) is 0.108. The zero-order valence-corrected chi connectivity index (χ0v) is 21.3. The zero-order chi connectivity index (χ0) is 23.2. The van der Waals surface area contributed by atoms with Gasteiger partial charge >= 0.3 is 0 Å². The predicted octanol–water partition coefficient (Wildman–Crippen LogP) is 6.74. The monoisotopic (exact) mass is 443 g/mol. The summed E-state index contributed by atoms with van der Waals surface area (Å²) in [6.45, 7) is 11.6. The normalized spacial score (nSPS) is 15.9. The molecule has 186 valence electrons. The van der Waals surface area contributed by atoms with Crippen LogP contribution in [-0.2, 0) is 18.9 Å². The molecule has 0 bridgehead atoms. The number of ether oxygens (including phenoxy) is 4. The van der Waals surface area contributed by atoms with E-state index in [4.69, 9.17) is 24.7 Å². The second kappa shape index (κ2) is 22.7. The van der Waals surface area contributed by atoms with Crippen molar-refractivity contribution in [3.63, 3.8) is 0 Å². The van der Waals surface area contributed by atoms with Crippen molar-refractivity contribution in [3.05, 3.63) is 12.2 Å². The topological polar surface area (TPSA) is 62.9 Å². The first-order valence-corrected chi connectivity index (χ1v) is 13.0. The summed E-state index contributed by atoms with van der Waals surface area (Å²) in [5, 5.41) is 0. The minimum Gasteiger partial charge on any atom is -0.353 e. The Morgan fingerprint density at radius 1 is 0.677 bits per heavy atom. The van der Waals surface area contributed by atoms with Gasteiger partial charge < -0.3 is 24.7 Å². The largest absolute Gasteiger partial charge is 0.353 e. The van der Waals surface area contributed by atoms with Gasteiger partial charge in [-0.05, 0) is 40.5 Å². The minimum atomic E-state index is -0.294. The van der Waals surface area contributed by atoms with Crippen molar-refractivity contribution in [3.8, 4) is 0 Å². The molecule has 0 rings (SSSR count).